The van der Waals surface area contributed by atoms with Crippen molar-refractivity contribution in [1.29, 1.82) is 0 Å². The standard InChI is InChI=1S/C20H22N6O3/c1-25-10-7-21-17(19(25)27)26-9-3-6-16(13-26)24-20(28)23-15-5-2-4-14(12-15)18-22-8-11-29-18/h2,4-5,7-8,10-12,16H,3,6,9,13H2,1H3,(H2,23,24,28). The van der Waals surface area contributed by atoms with Crippen molar-refractivity contribution < 1.29 is 9.21 Å². The van der Waals surface area contributed by atoms with Crippen molar-refractivity contribution in [2.45, 2.75) is 18.9 Å². The van der Waals surface area contributed by atoms with Gasteiger partial charge in [-0.2, -0.15) is 0 Å². The number of carbonyl (C=O) groups excluding carboxylic acids is 1. The number of amides is 2. The monoisotopic (exact) mass is 394 g/mol. The molecule has 1 fully saturated rings. The Morgan fingerprint density at radius 1 is 1.28 bits per heavy atom. The normalized spacial score (nSPS) is 16.4. The molecule has 2 aromatic heterocycles. The van der Waals surface area contributed by atoms with Crippen molar-refractivity contribution in [3.63, 3.8) is 0 Å². The summed E-state index contributed by atoms with van der Waals surface area (Å²) in [5, 5.41) is 5.84. The van der Waals surface area contributed by atoms with Gasteiger partial charge in [-0.3, -0.25) is 4.79 Å². The van der Waals surface area contributed by atoms with E-state index in [9.17, 15) is 9.59 Å². The van der Waals surface area contributed by atoms with Crippen LogP contribution in [0.5, 0.6) is 0 Å². The Hall–Kier alpha value is -3.62. The van der Waals surface area contributed by atoms with Crippen LogP contribution in [0.15, 0.2) is 58.3 Å². The van der Waals surface area contributed by atoms with Crippen LogP contribution in [0.2, 0.25) is 0 Å². The largest absolute Gasteiger partial charge is 0.445 e. The van der Waals surface area contributed by atoms with Crippen LogP contribution in [0.25, 0.3) is 11.5 Å². The molecule has 0 spiro atoms. The number of anilines is 2. The fourth-order valence-corrected chi connectivity index (χ4v) is 3.44. The summed E-state index contributed by atoms with van der Waals surface area (Å²) in [5.41, 5.74) is 1.29. The number of nitrogens with one attached hydrogen (secondary N) is 2. The Bertz CT molecular complexity index is 1050. The van der Waals surface area contributed by atoms with Crippen LogP contribution < -0.4 is 21.1 Å². The predicted octanol–water partition coefficient (Wildman–Crippen LogP) is 2.23. The van der Waals surface area contributed by atoms with Gasteiger partial charge in [-0.1, -0.05) is 6.07 Å². The van der Waals surface area contributed by atoms with E-state index >= 15 is 0 Å². The summed E-state index contributed by atoms with van der Waals surface area (Å²) in [7, 11) is 1.70. The van der Waals surface area contributed by atoms with Crippen LogP contribution in [0, 0.1) is 0 Å². The highest BCUT2D eigenvalue weighted by atomic mass is 16.3. The second-order valence-corrected chi connectivity index (χ2v) is 6.97. The first-order chi connectivity index (χ1) is 14.1. The number of piperidine rings is 1. The van der Waals surface area contributed by atoms with E-state index in [0.717, 1.165) is 24.9 Å². The molecule has 9 heteroatoms. The maximum Gasteiger partial charge on any atom is 0.319 e. The molecule has 1 aliphatic rings. The van der Waals surface area contributed by atoms with Crippen LogP contribution >= 0.6 is 0 Å². The lowest BCUT2D eigenvalue weighted by Gasteiger charge is -2.33. The molecule has 1 unspecified atom stereocenters. The van der Waals surface area contributed by atoms with E-state index in [4.69, 9.17) is 4.42 Å². The van der Waals surface area contributed by atoms with E-state index < -0.39 is 0 Å². The average Bonchev–Trinajstić information content (AvgIpc) is 3.25. The van der Waals surface area contributed by atoms with Crippen LogP contribution in [-0.2, 0) is 7.05 Å². The van der Waals surface area contributed by atoms with Crippen LogP contribution in [0.3, 0.4) is 0 Å². The minimum atomic E-state index is -0.296. The van der Waals surface area contributed by atoms with E-state index in [1.165, 1.54) is 10.8 Å². The van der Waals surface area contributed by atoms with Gasteiger partial charge in [-0.05, 0) is 31.0 Å². The molecule has 1 saturated heterocycles. The third kappa shape index (κ3) is 4.29. The molecule has 29 heavy (non-hydrogen) atoms. The van der Waals surface area contributed by atoms with Gasteiger partial charge in [0.15, 0.2) is 5.82 Å². The minimum Gasteiger partial charge on any atom is -0.445 e. The second-order valence-electron chi connectivity index (χ2n) is 6.97. The van der Waals surface area contributed by atoms with Crippen molar-refractivity contribution >= 4 is 17.5 Å². The molecule has 9 nitrogen and oxygen atoms in total. The lowest BCUT2D eigenvalue weighted by atomic mass is 10.1. The SMILES string of the molecule is Cn1ccnc(N2CCCC(NC(=O)Nc3cccc(-c4ncco4)c3)C2)c1=O. The van der Waals surface area contributed by atoms with Gasteiger partial charge in [0.05, 0.1) is 6.20 Å². The zero-order valence-corrected chi connectivity index (χ0v) is 16.0. The molecule has 0 bridgehead atoms. The smallest absolute Gasteiger partial charge is 0.319 e. The zero-order valence-electron chi connectivity index (χ0n) is 16.0. The maximum atomic E-state index is 12.5. The number of oxazole rings is 1. The number of nitrogens with zero attached hydrogens (tertiary/aromatic N) is 4. The van der Waals surface area contributed by atoms with E-state index in [-0.39, 0.29) is 17.6 Å². The summed E-state index contributed by atoms with van der Waals surface area (Å²) in [6.45, 7) is 1.28. The highest BCUT2D eigenvalue weighted by Crippen LogP contribution is 2.21. The van der Waals surface area contributed by atoms with Crippen molar-refractivity contribution in [2.75, 3.05) is 23.3 Å². The number of hydrogen-bond donors (Lipinski definition) is 2. The molecule has 0 radical (unpaired) electrons. The number of rotatable bonds is 4. The summed E-state index contributed by atoms with van der Waals surface area (Å²) in [5.74, 6) is 0.912. The van der Waals surface area contributed by atoms with E-state index in [1.807, 2.05) is 17.0 Å². The molecule has 3 aromatic rings. The molecule has 0 saturated carbocycles. The van der Waals surface area contributed by atoms with Crippen molar-refractivity contribution in [1.82, 2.24) is 19.9 Å². The molecular weight excluding hydrogens is 372 g/mol. The summed E-state index contributed by atoms with van der Waals surface area (Å²) < 4.78 is 6.80. The average molecular weight is 394 g/mol. The number of carbonyl (C=O) groups is 1. The fourth-order valence-electron chi connectivity index (χ4n) is 3.44. The molecule has 1 aromatic carbocycles. The molecule has 3 heterocycles. The van der Waals surface area contributed by atoms with Crippen LogP contribution in [0.4, 0.5) is 16.3 Å². The third-order valence-electron chi connectivity index (χ3n) is 4.85. The minimum absolute atomic E-state index is 0.0783. The highest BCUT2D eigenvalue weighted by Gasteiger charge is 2.24. The second kappa shape index (κ2) is 8.17. The lowest BCUT2D eigenvalue weighted by molar-refractivity contribution is 0.246. The Kier molecular flexibility index (Phi) is 5.28. The first kappa shape index (κ1) is 18.7. The number of hydrogen-bond acceptors (Lipinski definition) is 6. The fraction of sp³-hybridized carbons (Fsp3) is 0.300. The first-order valence-corrected chi connectivity index (χ1v) is 9.44. The summed E-state index contributed by atoms with van der Waals surface area (Å²) in [6, 6.07) is 6.92. The Balaban J connectivity index is 1.39. The Morgan fingerprint density at radius 2 is 2.17 bits per heavy atom. The molecule has 2 N–H and O–H groups in total. The van der Waals surface area contributed by atoms with Crippen LogP contribution in [-0.4, -0.2) is 39.7 Å². The van der Waals surface area contributed by atoms with E-state index in [1.54, 1.807) is 37.8 Å². The van der Waals surface area contributed by atoms with Gasteiger partial charge < -0.3 is 24.5 Å². The maximum absolute atomic E-state index is 12.5. The summed E-state index contributed by atoms with van der Waals surface area (Å²) >= 11 is 0. The summed E-state index contributed by atoms with van der Waals surface area (Å²) in [6.07, 6.45) is 8.03. The Labute approximate surface area is 167 Å². The van der Waals surface area contributed by atoms with Gasteiger partial charge in [-0.25, -0.2) is 14.8 Å². The van der Waals surface area contributed by atoms with Crippen molar-refractivity contribution in [2.24, 2.45) is 7.05 Å². The quantitative estimate of drug-likeness (QED) is 0.703. The van der Waals surface area contributed by atoms with Gasteiger partial charge in [0.25, 0.3) is 5.56 Å². The number of urea groups is 1. The van der Waals surface area contributed by atoms with Crippen molar-refractivity contribution in [3.8, 4) is 11.5 Å². The number of aryl methyl sites for hydroxylation is 1. The van der Waals surface area contributed by atoms with Crippen molar-refractivity contribution in [3.05, 3.63) is 59.5 Å². The zero-order chi connectivity index (χ0) is 20.2. The number of aromatic nitrogens is 3. The molecule has 2 amide bonds. The molecule has 1 atom stereocenters. The van der Waals surface area contributed by atoms with E-state index in [2.05, 4.69) is 20.6 Å². The van der Waals surface area contributed by atoms with Crippen LogP contribution in [0.1, 0.15) is 12.8 Å². The molecule has 4 rings (SSSR count). The van der Waals surface area contributed by atoms with Gasteiger partial charge in [0, 0.05) is 49.8 Å². The van der Waals surface area contributed by atoms with Gasteiger partial charge >= 0.3 is 6.03 Å². The lowest BCUT2D eigenvalue weighted by Crippen LogP contribution is -2.50. The first-order valence-electron chi connectivity index (χ1n) is 9.44. The highest BCUT2D eigenvalue weighted by molar-refractivity contribution is 5.90. The van der Waals surface area contributed by atoms with Gasteiger partial charge in [-0.15, -0.1) is 0 Å². The number of benzene rings is 1. The van der Waals surface area contributed by atoms with Gasteiger partial charge in [0.2, 0.25) is 5.89 Å². The molecule has 1 aliphatic heterocycles. The Morgan fingerprint density at radius 3 is 3.00 bits per heavy atom. The van der Waals surface area contributed by atoms with Gasteiger partial charge in [0.1, 0.15) is 6.26 Å². The topological polar surface area (TPSA) is 105 Å². The van der Waals surface area contributed by atoms with E-state index in [0.29, 0.717) is 23.9 Å². The molecular formula is C20H22N6O3. The third-order valence-corrected chi connectivity index (χ3v) is 4.85. The molecule has 150 valence electrons. The predicted molar refractivity (Wildman–Crippen MR) is 109 cm³/mol. The molecule has 0 aliphatic carbocycles. The summed E-state index contributed by atoms with van der Waals surface area (Å²) in [4.78, 5) is 35.1.